The normalized spacial score (nSPS) is 15.6. The van der Waals surface area contributed by atoms with E-state index in [1.54, 1.807) is 6.07 Å². The highest BCUT2D eigenvalue weighted by atomic mass is 16.3. The number of aliphatic hydroxyl groups excluding tert-OH is 1. The van der Waals surface area contributed by atoms with Crippen LogP contribution in [0.25, 0.3) is 0 Å². The molecule has 0 radical (unpaired) electrons. The third-order valence-corrected chi connectivity index (χ3v) is 3.31. The molecule has 4 heteroatoms. The van der Waals surface area contributed by atoms with Gasteiger partial charge < -0.3 is 14.4 Å². The summed E-state index contributed by atoms with van der Waals surface area (Å²) in [6, 6.07) is 2.12. The molecule has 0 aromatic carbocycles. The van der Waals surface area contributed by atoms with E-state index in [0.29, 0.717) is 24.6 Å². The third kappa shape index (κ3) is 2.69. The summed E-state index contributed by atoms with van der Waals surface area (Å²) in [4.78, 5) is 14.2. The van der Waals surface area contributed by atoms with Gasteiger partial charge in [0.1, 0.15) is 12.0 Å². The summed E-state index contributed by atoms with van der Waals surface area (Å²) < 4.78 is 5.17. The summed E-state index contributed by atoms with van der Waals surface area (Å²) in [5.74, 6) is 0.782. The van der Waals surface area contributed by atoms with E-state index in [1.807, 2.05) is 11.8 Å². The molecule has 0 unspecified atom stereocenters. The van der Waals surface area contributed by atoms with Crippen LogP contribution in [0.1, 0.15) is 41.8 Å². The molecular weight excluding hydrogens is 218 g/mol. The maximum Gasteiger partial charge on any atom is 0.257 e. The van der Waals surface area contributed by atoms with Crippen molar-refractivity contribution in [2.45, 2.75) is 38.6 Å². The summed E-state index contributed by atoms with van der Waals surface area (Å²) in [5.41, 5.74) is 0.618. The minimum absolute atomic E-state index is 0.0278. The number of nitrogens with zero attached hydrogens (tertiary/aromatic N) is 1. The molecular formula is C13H19NO3. The van der Waals surface area contributed by atoms with Crippen molar-refractivity contribution in [3.05, 3.63) is 23.7 Å². The van der Waals surface area contributed by atoms with Crippen molar-refractivity contribution < 1.29 is 14.3 Å². The van der Waals surface area contributed by atoms with Gasteiger partial charge in [0.2, 0.25) is 0 Å². The second-order valence-electron chi connectivity index (χ2n) is 4.61. The van der Waals surface area contributed by atoms with Gasteiger partial charge in [-0.2, -0.15) is 0 Å². The van der Waals surface area contributed by atoms with Crippen LogP contribution in [0.15, 0.2) is 16.7 Å². The van der Waals surface area contributed by atoms with E-state index >= 15 is 0 Å². The molecule has 0 aliphatic heterocycles. The van der Waals surface area contributed by atoms with E-state index in [0.717, 1.165) is 18.6 Å². The lowest BCUT2D eigenvalue weighted by Gasteiger charge is -2.37. The number of amides is 1. The van der Waals surface area contributed by atoms with Crippen molar-refractivity contribution in [3.8, 4) is 0 Å². The minimum atomic E-state index is 0.0278. The molecule has 1 fully saturated rings. The number of hydrogen-bond acceptors (Lipinski definition) is 3. The Morgan fingerprint density at radius 3 is 2.82 bits per heavy atom. The predicted molar refractivity (Wildman–Crippen MR) is 63.8 cm³/mol. The molecule has 0 saturated heterocycles. The topological polar surface area (TPSA) is 53.7 Å². The predicted octanol–water partition coefficient (Wildman–Crippen LogP) is 1.97. The summed E-state index contributed by atoms with van der Waals surface area (Å²) in [6.45, 7) is 2.59. The summed E-state index contributed by atoms with van der Waals surface area (Å²) >= 11 is 0. The van der Waals surface area contributed by atoms with E-state index in [4.69, 9.17) is 9.52 Å². The highest BCUT2D eigenvalue weighted by Gasteiger charge is 2.29. The average Bonchev–Trinajstić information content (AvgIpc) is 2.67. The number of furan rings is 1. The summed E-state index contributed by atoms with van der Waals surface area (Å²) in [7, 11) is 0. The molecule has 1 aromatic rings. The van der Waals surface area contributed by atoms with Crippen LogP contribution in [-0.4, -0.2) is 35.1 Å². The average molecular weight is 237 g/mol. The van der Waals surface area contributed by atoms with Crippen molar-refractivity contribution in [2.75, 3.05) is 13.2 Å². The highest BCUT2D eigenvalue weighted by molar-refractivity contribution is 5.94. The fraction of sp³-hybridized carbons (Fsp3) is 0.615. The second kappa shape index (κ2) is 5.36. The number of carbonyl (C=O) groups is 1. The van der Waals surface area contributed by atoms with Crippen LogP contribution < -0.4 is 0 Å². The lowest BCUT2D eigenvalue weighted by Crippen LogP contribution is -2.44. The number of aryl methyl sites for hydroxylation is 1. The molecule has 94 valence electrons. The van der Waals surface area contributed by atoms with Crippen molar-refractivity contribution in [1.29, 1.82) is 0 Å². The van der Waals surface area contributed by atoms with Gasteiger partial charge >= 0.3 is 0 Å². The van der Waals surface area contributed by atoms with Crippen LogP contribution in [0.4, 0.5) is 0 Å². The van der Waals surface area contributed by atoms with Gasteiger partial charge in [-0.1, -0.05) is 0 Å². The molecule has 1 aliphatic rings. The maximum atomic E-state index is 12.3. The molecule has 4 nitrogen and oxygen atoms in total. The molecule has 2 rings (SSSR count). The zero-order valence-corrected chi connectivity index (χ0v) is 10.2. The van der Waals surface area contributed by atoms with Crippen LogP contribution in [0.5, 0.6) is 0 Å². The van der Waals surface area contributed by atoms with Crippen molar-refractivity contribution in [1.82, 2.24) is 4.90 Å². The van der Waals surface area contributed by atoms with Crippen molar-refractivity contribution in [2.24, 2.45) is 0 Å². The van der Waals surface area contributed by atoms with Crippen molar-refractivity contribution in [3.63, 3.8) is 0 Å². The fourth-order valence-electron chi connectivity index (χ4n) is 2.11. The molecule has 0 bridgehead atoms. The summed E-state index contributed by atoms with van der Waals surface area (Å²) in [5, 5.41) is 8.89. The van der Waals surface area contributed by atoms with Gasteiger partial charge in [-0.05, 0) is 38.7 Å². The Labute approximate surface area is 101 Å². The molecule has 1 aliphatic carbocycles. The van der Waals surface area contributed by atoms with E-state index in [1.165, 1.54) is 12.7 Å². The van der Waals surface area contributed by atoms with Gasteiger partial charge in [0.15, 0.2) is 0 Å². The van der Waals surface area contributed by atoms with Gasteiger partial charge in [-0.3, -0.25) is 4.79 Å². The summed E-state index contributed by atoms with van der Waals surface area (Å²) in [6.07, 6.45) is 5.50. The molecule has 1 heterocycles. The fourth-order valence-corrected chi connectivity index (χ4v) is 2.11. The largest absolute Gasteiger partial charge is 0.469 e. The Morgan fingerprint density at radius 1 is 1.59 bits per heavy atom. The monoisotopic (exact) mass is 237 g/mol. The Balaban J connectivity index is 2.06. The Hall–Kier alpha value is -1.29. The zero-order chi connectivity index (χ0) is 12.3. The number of rotatable bonds is 5. The van der Waals surface area contributed by atoms with Gasteiger partial charge in [0.05, 0.1) is 5.56 Å². The molecule has 0 atom stereocenters. The molecule has 0 spiro atoms. The first-order chi connectivity index (χ1) is 8.22. The third-order valence-electron chi connectivity index (χ3n) is 3.31. The second-order valence-corrected chi connectivity index (χ2v) is 4.61. The lowest BCUT2D eigenvalue weighted by molar-refractivity contribution is 0.0562. The maximum absolute atomic E-state index is 12.3. The molecule has 1 N–H and O–H groups in total. The zero-order valence-electron chi connectivity index (χ0n) is 10.2. The highest BCUT2D eigenvalue weighted by Crippen LogP contribution is 2.26. The van der Waals surface area contributed by atoms with Gasteiger partial charge in [-0.15, -0.1) is 0 Å². The van der Waals surface area contributed by atoms with Crippen LogP contribution in [0, 0.1) is 6.92 Å². The van der Waals surface area contributed by atoms with Crippen LogP contribution in [-0.2, 0) is 0 Å². The molecule has 1 aromatic heterocycles. The Morgan fingerprint density at radius 2 is 2.35 bits per heavy atom. The first-order valence-electron chi connectivity index (χ1n) is 6.19. The quantitative estimate of drug-likeness (QED) is 0.851. The van der Waals surface area contributed by atoms with Crippen LogP contribution >= 0.6 is 0 Å². The number of aliphatic hydroxyl groups is 1. The Kier molecular flexibility index (Phi) is 3.84. The van der Waals surface area contributed by atoms with Gasteiger partial charge in [0, 0.05) is 19.2 Å². The van der Waals surface area contributed by atoms with Crippen LogP contribution in [0.2, 0.25) is 0 Å². The van der Waals surface area contributed by atoms with Gasteiger partial charge in [0.25, 0.3) is 5.91 Å². The van der Waals surface area contributed by atoms with Gasteiger partial charge in [-0.25, -0.2) is 0 Å². The van der Waals surface area contributed by atoms with E-state index in [-0.39, 0.29) is 12.5 Å². The van der Waals surface area contributed by atoms with E-state index in [9.17, 15) is 4.79 Å². The standard InChI is InChI=1S/C13H19NO3/c1-10-8-11(9-17-10)13(16)14(6-3-7-15)12-4-2-5-12/h8-9,12,15H,2-7H2,1H3. The molecule has 1 amide bonds. The molecule has 17 heavy (non-hydrogen) atoms. The number of hydrogen-bond donors (Lipinski definition) is 1. The van der Waals surface area contributed by atoms with Crippen LogP contribution in [0.3, 0.4) is 0 Å². The SMILES string of the molecule is Cc1cc(C(=O)N(CCCO)C2CCC2)co1. The lowest BCUT2D eigenvalue weighted by atomic mass is 9.91. The number of carbonyl (C=O) groups excluding carboxylic acids is 1. The first-order valence-corrected chi connectivity index (χ1v) is 6.19. The molecule has 1 saturated carbocycles. The minimum Gasteiger partial charge on any atom is -0.469 e. The van der Waals surface area contributed by atoms with E-state index < -0.39 is 0 Å². The Bertz CT molecular complexity index is 382. The van der Waals surface area contributed by atoms with Crippen molar-refractivity contribution >= 4 is 5.91 Å². The first kappa shape index (κ1) is 12.2. The van der Waals surface area contributed by atoms with E-state index in [2.05, 4.69) is 0 Å². The smallest absolute Gasteiger partial charge is 0.257 e.